The van der Waals surface area contributed by atoms with Crippen LogP contribution in [0.25, 0.3) is 5.65 Å². The highest BCUT2D eigenvalue weighted by Gasteiger charge is 2.23. The van der Waals surface area contributed by atoms with Gasteiger partial charge in [-0.25, -0.2) is 4.98 Å². The minimum Gasteiger partial charge on any atom is -0.349 e. The highest BCUT2D eigenvalue weighted by molar-refractivity contribution is 5.94. The minimum atomic E-state index is 0.00750. The van der Waals surface area contributed by atoms with Crippen LogP contribution in [0.1, 0.15) is 23.2 Å². The Labute approximate surface area is 86.9 Å². The van der Waals surface area contributed by atoms with E-state index in [4.69, 9.17) is 0 Å². The van der Waals surface area contributed by atoms with Gasteiger partial charge in [-0.1, -0.05) is 0 Å². The summed E-state index contributed by atoms with van der Waals surface area (Å²) in [7, 11) is 0. The molecule has 0 saturated heterocycles. The predicted molar refractivity (Wildman–Crippen MR) is 55.7 cm³/mol. The van der Waals surface area contributed by atoms with Crippen molar-refractivity contribution in [1.82, 2.24) is 14.7 Å². The third-order valence-corrected chi connectivity index (χ3v) is 2.56. The summed E-state index contributed by atoms with van der Waals surface area (Å²) in [6.07, 6.45) is 7.58. The Balaban J connectivity index is 1.91. The van der Waals surface area contributed by atoms with Gasteiger partial charge in [0.15, 0.2) is 0 Å². The van der Waals surface area contributed by atoms with Crippen LogP contribution in [0.5, 0.6) is 0 Å². The zero-order valence-electron chi connectivity index (χ0n) is 8.18. The molecule has 15 heavy (non-hydrogen) atoms. The van der Waals surface area contributed by atoms with Crippen molar-refractivity contribution in [2.45, 2.75) is 18.9 Å². The Morgan fingerprint density at radius 3 is 3.13 bits per heavy atom. The monoisotopic (exact) mass is 201 g/mol. The second kappa shape index (κ2) is 3.08. The van der Waals surface area contributed by atoms with Crippen molar-refractivity contribution in [3.63, 3.8) is 0 Å². The average Bonchev–Trinajstić information content (AvgIpc) is 2.94. The molecule has 0 aliphatic heterocycles. The summed E-state index contributed by atoms with van der Waals surface area (Å²) >= 11 is 0. The second-order valence-electron chi connectivity index (χ2n) is 3.86. The number of carbonyl (C=O) groups excluding carboxylic acids is 1. The van der Waals surface area contributed by atoms with E-state index < -0.39 is 0 Å². The Bertz CT molecular complexity index is 513. The van der Waals surface area contributed by atoms with E-state index in [0.717, 1.165) is 18.5 Å². The third kappa shape index (κ3) is 1.58. The molecule has 0 aromatic carbocycles. The smallest absolute Gasteiger partial charge is 0.252 e. The largest absolute Gasteiger partial charge is 0.349 e. The summed E-state index contributed by atoms with van der Waals surface area (Å²) in [6, 6.07) is 4.05. The maximum absolute atomic E-state index is 11.7. The summed E-state index contributed by atoms with van der Waals surface area (Å²) in [5.74, 6) is 0.00750. The molecule has 1 aliphatic rings. The van der Waals surface area contributed by atoms with E-state index in [-0.39, 0.29) is 5.91 Å². The lowest BCUT2D eigenvalue weighted by atomic mass is 10.2. The summed E-state index contributed by atoms with van der Waals surface area (Å²) in [5, 5.41) is 2.95. The van der Waals surface area contributed by atoms with Crippen LogP contribution in [0.15, 0.2) is 30.7 Å². The molecule has 4 heteroatoms. The van der Waals surface area contributed by atoms with Crippen LogP contribution in [0.2, 0.25) is 0 Å². The molecule has 1 saturated carbocycles. The van der Waals surface area contributed by atoms with Crippen LogP contribution in [0.3, 0.4) is 0 Å². The third-order valence-electron chi connectivity index (χ3n) is 2.56. The highest BCUT2D eigenvalue weighted by Crippen LogP contribution is 2.19. The fourth-order valence-electron chi connectivity index (χ4n) is 1.55. The Kier molecular flexibility index (Phi) is 1.74. The van der Waals surface area contributed by atoms with Crippen LogP contribution in [0.4, 0.5) is 0 Å². The van der Waals surface area contributed by atoms with Crippen LogP contribution < -0.4 is 5.32 Å². The van der Waals surface area contributed by atoms with Gasteiger partial charge in [0.05, 0.1) is 5.56 Å². The van der Waals surface area contributed by atoms with Gasteiger partial charge in [-0.2, -0.15) is 0 Å². The lowest BCUT2D eigenvalue weighted by molar-refractivity contribution is 0.0950. The van der Waals surface area contributed by atoms with Crippen LogP contribution >= 0.6 is 0 Å². The van der Waals surface area contributed by atoms with Gasteiger partial charge in [-0.3, -0.25) is 4.79 Å². The normalized spacial score (nSPS) is 15.5. The van der Waals surface area contributed by atoms with Crippen molar-refractivity contribution in [2.75, 3.05) is 0 Å². The lowest BCUT2D eigenvalue weighted by Crippen LogP contribution is -2.25. The van der Waals surface area contributed by atoms with Gasteiger partial charge in [0.2, 0.25) is 0 Å². The van der Waals surface area contributed by atoms with E-state index in [9.17, 15) is 4.79 Å². The molecule has 1 aliphatic carbocycles. The van der Waals surface area contributed by atoms with Gasteiger partial charge in [0, 0.05) is 24.6 Å². The number of aromatic nitrogens is 2. The lowest BCUT2D eigenvalue weighted by Gasteiger charge is -2.03. The number of hydrogen-bond acceptors (Lipinski definition) is 2. The first kappa shape index (κ1) is 8.47. The van der Waals surface area contributed by atoms with Gasteiger partial charge in [-0.15, -0.1) is 0 Å². The van der Waals surface area contributed by atoms with Gasteiger partial charge in [0.25, 0.3) is 5.91 Å². The SMILES string of the molecule is O=C(NC1CC1)c1ccc2nccn2c1. The Morgan fingerprint density at radius 1 is 1.47 bits per heavy atom. The molecule has 0 atom stereocenters. The van der Waals surface area contributed by atoms with Crippen LogP contribution in [-0.2, 0) is 0 Å². The first-order valence-electron chi connectivity index (χ1n) is 5.06. The number of pyridine rings is 1. The van der Waals surface area contributed by atoms with E-state index in [1.54, 1.807) is 18.5 Å². The molecule has 4 nitrogen and oxygen atoms in total. The number of carbonyl (C=O) groups is 1. The zero-order chi connectivity index (χ0) is 10.3. The summed E-state index contributed by atoms with van der Waals surface area (Å²) in [5.41, 5.74) is 1.55. The number of nitrogens with zero attached hydrogens (tertiary/aromatic N) is 2. The number of hydrogen-bond donors (Lipinski definition) is 1. The molecule has 0 unspecified atom stereocenters. The van der Waals surface area contributed by atoms with Gasteiger partial charge >= 0.3 is 0 Å². The molecule has 1 N–H and O–H groups in total. The van der Waals surface area contributed by atoms with E-state index in [0.29, 0.717) is 11.6 Å². The van der Waals surface area contributed by atoms with Crippen molar-refractivity contribution in [2.24, 2.45) is 0 Å². The molecule has 0 bridgehead atoms. The van der Waals surface area contributed by atoms with Crippen molar-refractivity contribution in [3.05, 3.63) is 36.3 Å². The molecule has 1 amide bonds. The number of rotatable bonds is 2. The summed E-state index contributed by atoms with van der Waals surface area (Å²) in [6.45, 7) is 0. The molecule has 0 spiro atoms. The molecule has 2 heterocycles. The maximum Gasteiger partial charge on any atom is 0.252 e. The highest BCUT2D eigenvalue weighted by atomic mass is 16.1. The van der Waals surface area contributed by atoms with Gasteiger partial charge in [-0.05, 0) is 25.0 Å². The quantitative estimate of drug-likeness (QED) is 0.794. The topological polar surface area (TPSA) is 46.4 Å². The van der Waals surface area contributed by atoms with Crippen molar-refractivity contribution >= 4 is 11.6 Å². The first-order valence-corrected chi connectivity index (χ1v) is 5.06. The molecule has 2 aromatic heterocycles. The standard InChI is InChI=1S/C11H11N3O/c15-11(13-9-2-3-9)8-1-4-10-12-5-6-14(10)7-8/h1,4-7,9H,2-3H2,(H,13,15). The average molecular weight is 201 g/mol. The number of nitrogens with one attached hydrogen (secondary N) is 1. The van der Waals surface area contributed by atoms with E-state index in [1.807, 2.05) is 16.7 Å². The molecule has 2 aromatic rings. The van der Waals surface area contributed by atoms with Crippen molar-refractivity contribution in [1.29, 1.82) is 0 Å². The van der Waals surface area contributed by atoms with E-state index >= 15 is 0 Å². The molecule has 0 radical (unpaired) electrons. The summed E-state index contributed by atoms with van der Waals surface area (Å²) < 4.78 is 1.85. The predicted octanol–water partition coefficient (Wildman–Crippen LogP) is 1.23. The zero-order valence-corrected chi connectivity index (χ0v) is 8.18. The van der Waals surface area contributed by atoms with E-state index in [1.165, 1.54) is 0 Å². The number of fused-ring (bicyclic) bond motifs is 1. The van der Waals surface area contributed by atoms with Crippen LogP contribution in [-0.4, -0.2) is 21.3 Å². The van der Waals surface area contributed by atoms with Gasteiger partial charge in [0.1, 0.15) is 5.65 Å². The Morgan fingerprint density at radius 2 is 2.33 bits per heavy atom. The molecule has 1 fully saturated rings. The fourth-order valence-corrected chi connectivity index (χ4v) is 1.55. The fraction of sp³-hybridized carbons (Fsp3) is 0.273. The molecular formula is C11H11N3O. The number of amides is 1. The summed E-state index contributed by atoms with van der Waals surface area (Å²) in [4.78, 5) is 15.8. The van der Waals surface area contributed by atoms with Crippen molar-refractivity contribution < 1.29 is 4.79 Å². The van der Waals surface area contributed by atoms with Gasteiger partial charge < -0.3 is 9.72 Å². The van der Waals surface area contributed by atoms with E-state index in [2.05, 4.69) is 10.3 Å². The maximum atomic E-state index is 11.7. The minimum absolute atomic E-state index is 0.00750. The number of imidazole rings is 1. The van der Waals surface area contributed by atoms with Crippen LogP contribution in [0, 0.1) is 0 Å². The molecule has 3 rings (SSSR count). The second-order valence-corrected chi connectivity index (χ2v) is 3.86. The molecular weight excluding hydrogens is 190 g/mol. The van der Waals surface area contributed by atoms with Crippen molar-refractivity contribution in [3.8, 4) is 0 Å². The first-order chi connectivity index (χ1) is 7.33. The molecule has 76 valence electrons. The Hall–Kier alpha value is -1.84.